The summed E-state index contributed by atoms with van der Waals surface area (Å²) in [6, 6.07) is 12.3. The number of ether oxygens (including phenoxy) is 1. The Balaban J connectivity index is 1.97. The third-order valence-electron chi connectivity index (χ3n) is 3.97. The van der Waals surface area contributed by atoms with Gasteiger partial charge in [-0.3, -0.25) is 4.79 Å². The molecule has 2 aromatic carbocycles. The molecule has 0 unspecified atom stereocenters. The second kappa shape index (κ2) is 8.99. The van der Waals surface area contributed by atoms with Crippen molar-refractivity contribution in [1.29, 1.82) is 0 Å². The standard InChI is InChI=1S/C20H23NO4/c1-3-15-6-5-7-16(4-2)19(15)21-18(23)13-25-20(24)17-10-8-14(12-22)9-11-17/h5-11,22H,3-4,12-13H2,1-2H3,(H,21,23). The highest BCUT2D eigenvalue weighted by molar-refractivity contribution is 5.96. The van der Waals surface area contributed by atoms with Gasteiger partial charge in [0.05, 0.1) is 12.2 Å². The first-order valence-corrected chi connectivity index (χ1v) is 8.36. The lowest BCUT2D eigenvalue weighted by Gasteiger charge is -2.14. The van der Waals surface area contributed by atoms with Gasteiger partial charge < -0.3 is 15.2 Å². The molecule has 132 valence electrons. The molecule has 1 amide bonds. The molecule has 5 heteroatoms. The van der Waals surface area contributed by atoms with Gasteiger partial charge in [-0.25, -0.2) is 4.79 Å². The lowest BCUT2D eigenvalue weighted by Crippen LogP contribution is -2.22. The Morgan fingerprint density at radius 2 is 1.60 bits per heavy atom. The molecule has 5 nitrogen and oxygen atoms in total. The zero-order valence-corrected chi connectivity index (χ0v) is 14.5. The minimum atomic E-state index is -0.570. The maximum Gasteiger partial charge on any atom is 0.338 e. The fraction of sp³-hybridized carbons (Fsp3) is 0.300. The minimum Gasteiger partial charge on any atom is -0.452 e. The normalized spacial score (nSPS) is 10.4. The summed E-state index contributed by atoms with van der Waals surface area (Å²) in [4.78, 5) is 24.1. The van der Waals surface area contributed by atoms with Crippen LogP contribution in [0.5, 0.6) is 0 Å². The van der Waals surface area contributed by atoms with Gasteiger partial charge >= 0.3 is 5.97 Å². The van der Waals surface area contributed by atoms with E-state index >= 15 is 0 Å². The van der Waals surface area contributed by atoms with Crippen LogP contribution < -0.4 is 5.32 Å². The molecule has 0 heterocycles. The number of aliphatic hydroxyl groups excluding tert-OH is 1. The van der Waals surface area contributed by atoms with E-state index in [9.17, 15) is 9.59 Å². The van der Waals surface area contributed by atoms with Gasteiger partial charge in [0.15, 0.2) is 6.61 Å². The van der Waals surface area contributed by atoms with E-state index in [1.807, 2.05) is 32.0 Å². The molecule has 25 heavy (non-hydrogen) atoms. The number of esters is 1. The Morgan fingerprint density at radius 1 is 1.00 bits per heavy atom. The van der Waals surface area contributed by atoms with Crippen LogP contribution in [0.4, 0.5) is 5.69 Å². The summed E-state index contributed by atoms with van der Waals surface area (Å²) in [6.45, 7) is 3.62. The number of benzene rings is 2. The second-order valence-electron chi connectivity index (χ2n) is 5.64. The average molecular weight is 341 g/mol. The average Bonchev–Trinajstić information content (AvgIpc) is 2.66. The third-order valence-corrected chi connectivity index (χ3v) is 3.97. The highest BCUT2D eigenvalue weighted by Crippen LogP contribution is 2.22. The predicted octanol–water partition coefficient (Wildman–Crippen LogP) is 3.10. The molecule has 0 atom stereocenters. The molecule has 0 fully saturated rings. The van der Waals surface area contributed by atoms with Crippen molar-refractivity contribution >= 4 is 17.6 Å². The number of nitrogens with one attached hydrogen (secondary N) is 1. The number of hydrogen-bond donors (Lipinski definition) is 2. The summed E-state index contributed by atoms with van der Waals surface area (Å²) in [5.74, 6) is -0.935. The Morgan fingerprint density at radius 3 is 2.12 bits per heavy atom. The Labute approximate surface area is 147 Å². The molecular formula is C20H23NO4. The molecule has 0 aliphatic rings. The van der Waals surface area contributed by atoms with Crippen molar-refractivity contribution in [2.24, 2.45) is 0 Å². The SMILES string of the molecule is CCc1cccc(CC)c1NC(=O)COC(=O)c1ccc(CO)cc1. The number of aryl methyl sites for hydroxylation is 2. The number of hydrogen-bond acceptors (Lipinski definition) is 4. The van der Waals surface area contributed by atoms with Gasteiger partial charge in [0.2, 0.25) is 0 Å². The molecule has 0 spiro atoms. The highest BCUT2D eigenvalue weighted by Gasteiger charge is 2.13. The molecular weight excluding hydrogens is 318 g/mol. The molecule has 0 aliphatic carbocycles. The second-order valence-corrected chi connectivity index (χ2v) is 5.64. The zero-order chi connectivity index (χ0) is 18.2. The Hall–Kier alpha value is -2.66. The Kier molecular flexibility index (Phi) is 6.71. The molecule has 2 rings (SSSR count). The summed E-state index contributed by atoms with van der Waals surface area (Å²) < 4.78 is 5.07. The van der Waals surface area contributed by atoms with Crippen LogP contribution in [0.3, 0.4) is 0 Å². The number of rotatable bonds is 7. The van der Waals surface area contributed by atoms with E-state index in [0.717, 1.165) is 29.7 Å². The zero-order valence-electron chi connectivity index (χ0n) is 14.5. The van der Waals surface area contributed by atoms with Crippen molar-refractivity contribution in [3.63, 3.8) is 0 Å². The van der Waals surface area contributed by atoms with Crippen LogP contribution in [0.1, 0.15) is 40.9 Å². The number of carbonyl (C=O) groups excluding carboxylic acids is 2. The lowest BCUT2D eigenvalue weighted by atomic mass is 10.0. The van der Waals surface area contributed by atoms with Gasteiger partial charge in [-0.1, -0.05) is 44.2 Å². The first kappa shape index (κ1) is 18.7. The van der Waals surface area contributed by atoms with E-state index in [1.54, 1.807) is 24.3 Å². The van der Waals surface area contributed by atoms with Crippen molar-refractivity contribution in [1.82, 2.24) is 0 Å². The summed E-state index contributed by atoms with van der Waals surface area (Å²) in [5.41, 5.74) is 3.96. The first-order valence-electron chi connectivity index (χ1n) is 8.36. The topological polar surface area (TPSA) is 75.6 Å². The molecule has 0 radical (unpaired) electrons. The predicted molar refractivity (Wildman–Crippen MR) is 96.5 cm³/mol. The summed E-state index contributed by atoms with van der Waals surface area (Å²) >= 11 is 0. The quantitative estimate of drug-likeness (QED) is 0.759. The van der Waals surface area contributed by atoms with Crippen LogP contribution in [0.2, 0.25) is 0 Å². The highest BCUT2D eigenvalue weighted by atomic mass is 16.5. The molecule has 2 aromatic rings. The summed E-state index contributed by atoms with van der Waals surface area (Å²) in [7, 11) is 0. The van der Waals surface area contributed by atoms with Crippen LogP contribution in [0, 0.1) is 0 Å². The number of para-hydroxylation sites is 1. The van der Waals surface area contributed by atoms with Crippen LogP contribution in [-0.4, -0.2) is 23.6 Å². The fourth-order valence-corrected chi connectivity index (χ4v) is 2.54. The van der Waals surface area contributed by atoms with Gasteiger partial charge in [-0.2, -0.15) is 0 Å². The third kappa shape index (κ3) is 4.90. The van der Waals surface area contributed by atoms with Crippen LogP contribution in [0.15, 0.2) is 42.5 Å². The van der Waals surface area contributed by atoms with E-state index in [0.29, 0.717) is 11.1 Å². The van der Waals surface area contributed by atoms with Crippen molar-refractivity contribution in [3.8, 4) is 0 Å². The fourth-order valence-electron chi connectivity index (χ4n) is 2.54. The van der Waals surface area contributed by atoms with E-state index in [4.69, 9.17) is 9.84 Å². The van der Waals surface area contributed by atoms with E-state index < -0.39 is 5.97 Å². The van der Waals surface area contributed by atoms with Crippen molar-refractivity contribution in [3.05, 3.63) is 64.7 Å². The number of amides is 1. The van der Waals surface area contributed by atoms with Crippen molar-refractivity contribution < 1.29 is 19.4 Å². The van der Waals surface area contributed by atoms with E-state index in [-0.39, 0.29) is 19.1 Å². The molecule has 0 bridgehead atoms. The van der Waals surface area contributed by atoms with Gasteiger partial charge in [0.25, 0.3) is 5.91 Å². The van der Waals surface area contributed by atoms with Gasteiger partial charge in [0, 0.05) is 5.69 Å². The summed E-state index contributed by atoms with van der Waals surface area (Å²) in [5, 5.41) is 11.9. The van der Waals surface area contributed by atoms with Crippen molar-refractivity contribution in [2.75, 3.05) is 11.9 Å². The van der Waals surface area contributed by atoms with Gasteiger partial charge in [-0.05, 0) is 41.7 Å². The largest absolute Gasteiger partial charge is 0.452 e. The van der Waals surface area contributed by atoms with Gasteiger partial charge in [-0.15, -0.1) is 0 Å². The van der Waals surface area contributed by atoms with Crippen LogP contribution in [-0.2, 0) is 29.0 Å². The van der Waals surface area contributed by atoms with E-state index in [2.05, 4.69) is 5.32 Å². The molecule has 0 saturated heterocycles. The van der Waals surface area contributed by atoms with Crippen molar-refractivity contribution in [2.45, 2.75) is 33.3 Å². The number of aliphatic hydroxyl groups is 1. The van der Waals surface area contributed by atoms with E-state index in [1.165, 1.54) is 0 Å². The van der Waals surface area contributed by atoms with Gasteiger partial charge in [0.1, 0.15) is 0 Å². The van der Waals surface area contributed by atoms with Crippen LogP contribution >= 0.6 is 0 Å². The molecule has 0 aliphatic heterocycles. The monoisotopic (exact) mass is 341 g/mol. The van der Waals surface area contributed by atoms with Crippen LogP contribution in [0.25, 0.3) is 0 Å². The first-order chi connectivity index (χ1) is 12.1. The maximum atomic E-state index is 12.2. The Bertz CT molecular complexity index is 716. The smallest absolute Gasteiger partial charge is 0.338 e. The number of anilines is 1. The molecule has 0 saturated carbocycles. The summed E-state index contributed by atoms with van der Waals surface area (Å²) in [6.07, 6.45) is 1.61. The molecule has 2 N–H and O–H groups in total. The lowest BCUT2D eigenvalue weighted by molar-refractivity contribution is -0.119. The molecule has 0 aromatic heterocycles. The number of carbonyl (C=O) groups is 2. The maximum absolute atomic E-state index is 12.2. The minimum absolute atomic E-state index is 0.0890.